The van der Waals surface area contributed by atoms with Crippen LogP contribution in [0.15, 0.2) is 12.1 Å². The molecule has 0 N–H and O–H groups in total. The van der Waals surface area contributed by atoms with Gasteiger partial charge in [0, 0.05) is 20.2 Å². The lowest BCUT2D eigenvalue weighted by atomic mass is 10.2. The van der Waals surface area contributed by atoms with Crippen molar-refractivity contribution in [1.82, 2.24) is 4.98 Å². The number of carbonyl (C=O) groups is 1. The molecule has 1 saturated heterocycles. The highest BCUT2D eigenvalue weighted by molar-refractivity contribution is 5.90. The summed E-state index contributed by atoms with van der Waals surface area (Å²) in [5, 5.41) is 0. The van der Waals surface area contributed by atoms with Gasteiger partial charge in [0.15, 0.2) is 0 Å². The third-order valence-electron chi connectivity index (χ3n) is 3.48. The number of ether oxygens (including phenoxy) is 3. The van der Waals surface area contributed by atoms with E-state index in [1.54, 1.807) is 13.2 Å². The zero-order valence-corrected chi connectivity index (χ0v) is 13.0. The van der Waals surface area contributed by atoms with Crippen LogP contribution in [0.4, 0.5) is 5.82 Å². The minimum absolute atomic E-state index is 0.0288. The van der Waals surface area contributed by atoms with Gasteiger partial charge in [0.25, 0.3) is 0 Å². The van der Waals surface area contributed by atoms with E-state index in [-0.39, 0.29) is 18.2 Å². The van der Waals surface area contributed by atoms with E-state index in [1.165, 1.54) is 7.11 Å². The predicted molar refractivity (Wildman–Crippen MR) is 78.7 cm³/mol. The molecular weight excluding hydrogens is 272 g/mol. The summed E-state index contributed by atoms with van der Waals surface area (Å²) in [4.78, 5) is 18.3. The Labute approximate surface area is 125 Å². The third-order valence-corrected chi connectivity index (χ3v) is 3.48. The number of pyridine rings is 1. The number of anilines is 1. The van der Waals surface area contributed by atoms with Crippen LogP contribution in [-0.2, 0) is 14.2 Å². The first kappa shape index (κ1) is 15.7. The first-order chi connectivity index (χ1) is 10.0. The molecule has 6 heteroatoms. The molecule has 1 aromatic heterocycles. The van der Waals surface area contributed by atoms with Gasteiger partial charge in [-0.25, -0.2) is 9.78 Å². The lowest BCUT2D eigenvalue weighted by molar-refractivity contribution is -0.0512. The number of morpholine rings is 1. The molecule has 1 aliphatic heterocycles. The first-order valence-electron chi connectivity index (χ1n) is 7.00. The average molecular weight is 294 g/mol. The van der Waals surface area contributed by atoms with Gasteiger partial charge in [0.05, 0.1) is 37.2 Å². The molecule has 0 saturated carbocycles. The Morgan fingerprint density at radius 2 is 2.19 bits per heavy atom. The monoisotopic (exact) mass is 294 g/mol. The zero-order chi connectivity index (χ0) is 15.4. The normalized spacial score (nSPS) is 22.2. The standard InChI is InChI=1S/C15H22N2O4/c1-10-7-17(8-12(21-10)9-19-3)14-6-5-13(11(2)16-14)15(18)20-4/h5-6,10,12H,7-9H2,1-4H3. The van der Waals surface area contributed by atoms with E-state index in [9.17, 15) is 4.79 Å². The number of aromatic nitrogens is 1. The molecular formula is C15H22N2O4. The summed E-state index contributed by atoms with van der Waals surface area (Å²) >= 11 is 0. The lowest BCUT2D eigenvalue weighted by Gasteiger charge is -2.37. The predicted octanol–water partition coefficient (Wildman–Crippen LogP) is 1.42. The molecule has 1 fully saturated rings. The largest absolute Gasteiger partial charge is 0.465 e. The van der Waals surface area contributed by atoms with E-state index < -0.39 is 0 Å². The van der Waals surface area contributed by atoms with Crippen molar-refractivity contribution in [3.8, 4) is 0 Å². The van der Waals surface area contributed by atoms with E-state index in [0.29, 0.717) is 17.9 Å². The molecule has 0 aromatic carbocycles. The number of methoxy groups -OCH3 is 2. The third kappa shape index (κ3) is 3.71. The van der Waals surface area contributed by atoms with E-state index in [1.807, 2.05) is 19.9 Å². The van der Waals surface area contributed by atoms with E-state index in [0.717, 1.165) is 18.9 Å². The first-order valence-corrected chi connectivity index (χ1v) is 7.00. The number of hydrogen-bond donors (Lipinski definition) is 0. The molecule has 6 nitrogen and oxygen atoms in total. The second-order valence-electron chi connectivity index (χ2n) is 5.22. The van der Waals surface area contributed by atoms with Gasteiger partial charge in [0.1, 0.15) is 5.82 Å². The summed E-state index contributed by atoms with van der Waals surface area (Å²) in [6.45, 7) is 5.89. The highest BCUT2D eigenvalue weighted by Gasteiger charge is 2.26. The number of carbonyl (C=O) groups excluding carboxylic acids is 1. The highest BCUT2D eigenvalue weighted by atomic mass is 16.5. The van der Waals surface area contributed by atoms with Crippen molar-refractivity contribution in [2.75, 3.05) is 38.8 Å². The Balaban J connectivity index is 2.17. The summed E-state index contributed by atoms with van der Waals surface area (Å²) in [5.74, 6) is 0.482. The maximum atomic E-state index is 11.6. The van der Waals surface area contributed by atoms with Crippen LogP contribution in [0, 0.1) is 6.92 Å². The Morgan fingerprint density at radius 3 is 2.81 bits per heavy atom. The molecule has 2 rings (SSSR count). The smallest absolute Gasteiger partial charge is 0.339 e. The fourth-order valence-electron chi connectivity index (χ4n) is 2.56. The molecule has 21 heavy (non-hydrogen) atoms. The fraction of sp³-hybridized carbons (Fsp3) is 0.600. The topological polar surface area (TPSA) is 60.9 Å². The number of rotatable bonds is 4. The molecule has 1 aliphatic rings. The number of hydrogen-bond acceptors (Lipinski definition) is 6. The molecule has 116 valence electrons. The number of aryl methyl sites for hydroxylation is 1. The minimum Gasteiger partial charge on any atom is -0.465 e. The van der Waals surface area contributed by atoms with Gasteiger partial charge >= 0.3 is 5.97 Å². The molecule has 0 aliphatic carbocycles. The summed E-state index contributed by atoms with van der Waals surface area (Å²) in [6.07, 6.45) is 0.141. The molecule has 0 amide bonds. The Bertz CT molecular complexity index is 506. The number of esters is 1. The van der Waals surface area contributed by atoms with Crippen molar-refractivity contribution in [3.05, 3.63) is 23.4 Å². The molecule has 2 atom stereocenters. The van der Waals surface area contributed by atoms with Gasteiger partial charge in [0.2, 0.25) is 0 Å². The van der Waals surface area contributed by atoms with Crippen LogP contribution in [0.5, 0.6) is 0 Å². The van der Waals surface area contributed by atoms with Crippen LogP contribution in [-0.4, -0.2) is 57.1 Å². The molecule has 0 radical (unpaired) electrons. The van der Waals surface area contributed by atoms with Crippen LogP contribution in [0.25, 0.3) is 0 Å². The van der Waals surface area contributed by atoms with Gasteiger partial charge in [-0.05, 0) is 26.0 Å². The van der Waals surface area contributed by atoms with Gasteiger partial charge < -0.3 is 19.1 Å². The van der Waals surface area contributed by atoms with E-state index >= 15 is 0 Å². The second kappa shape index (κ2) is 6.87. The second-order valence-corrected chi connectivity index (χ2v) is 5.22. The molecule has 2 heterocycles. The molecule has 0 spiro atoms. The van der Waals surface area contributed by atoms with Crippen molar-refractivity contribution in [1.29, 1.82) is 0 Å². The lowest BCUT2D eigenvalue weighted by Crippen LogP contribution is -2.48. The van der Waals surface area contributed by atoms with Crippen LogP contribution in [0.3, 0.4) is 0 Å². The van der Waals surface area contributed by atoms with Gasteiger partial charge in [-0.3, -0.25) is 0 Å². The van der Waals surface area contributed by atoms with Crippen LogP contribution >= 0.6 is 0 Å². The van der Waals surface area contributed by atoms with Gasteiger partial charge in [-0.15, -0.1) is 0 Å². The van der Waals surface area contributed by atoms with E-state index in [4.69, 9.17) is 14.2 Å². The maximum absolute atomic E-state index is 11.6. The van der Waals surface area contributed by atoms with Crippen molar-refractivity contribution >= 4 is 11.8 Å². The molecule has 2 unspecified atom stereocenters. The maximum Gasteiger partial charge on any atom is 0.339 e. The summed E-state index contributed by atoms with van der Waals surface area (Å²) in [5.41, 5.74) is 1.16. The van der Waals surface area contributed by atoms with Gasteiger partial charge in [-0.2, -0.15) is 0 Å². The van der Waals surface area contributed by atoms with Crippen molar-refractivity contribution in [3.63, 3.8) is 0 Å². The summed E-state index contributed by atoms with van der Waals surface area (Å²) in [6, 6.07) is 3.61. The van der Waals surface area contributed by atoms with Crippen molar-refractivity contribution in [2.45, 2.75) is 26.1 Å². The summed E-state index contributed by atoms with van der Waals surface area (Å²) in [7, 11) is 3.04. The summed E-state index contributed by atoms with van der Waals surface area (Å²) < 4.78 is 15.7. The number of nitrogens with zero attached hydrogens (tertiary/aromatic N) is 2. The average Bonchev–Trinajstić information content (AvgIpc) is 2.46. The van der Waals surface area contributed by atoms with E-state index in [2.05, 4.69) is 9.88 Å². The zero-order valence-electron chi connectivity index (χ0n) is 13.0. The highest BCUT2D eigenvalue weighted by Crippen LogP contribution is 2.20. The molecule has 0 bridgehead atoms. The SMILES string of the molecule is COCC1CN(c2ccc(C(=O)OC)c(C)n2)CC(C)O1. The van der Waals surface area contributed by atoms with Crippen LogP contribution in [0.1, 0.15) is 23.0 Å². The van der Waals surface area contributed by atoms with Crippen LogP contribution in [0.2, 0.25) is 0 Å². The minimum atomic E-state index is -0.362. The Kier molecular flexibility index (Phi) is 5.14. The van der Waals surface area contributed by atoms with Crippen LogP contribution < -0.4 is 4.90 Å². The van der Waals surface area contributed by atoms with Crippen molar-refractivity contribution in [2.24, 2.45) is 0 Å². The Hall–Kier alpha value is -1.66. The quantitative estimate of drug-likeness (QED) is 0.783. The van der Waals surface area contributed by atoms with Gasteiger partial charge in [-0.1, -0.05) is 0 Å². The molecule has 1 aromatic rings. The fourth-order valence-corrected chi connectivity index (χ4v) is 2.56. The van der Waals surface area contributed by atoms with Crippen molar-refractivity contribution < 1.29 is 19.0 Å². The Morgan fingerprint density at radius 1 is 1.43 bits per heavy atom.